The normalized spacial score (nSPS) is 10.6. The summed E-state index contributed by atoms with van der Waals surface area (Å²) in [5.41, 5.74) is 7.37. The first-order valence-electron chi connectivity index (χ1n) is 4.78. The van der Waals surface area contributed by atoms with Crippen LogP contribution in [0.25, 0.3) is 0 Å². The van der Waals surface area contributed by atoms with Crippen molar-refractivity contribution >= 4 is 0 Å². The van der Waals surface area contributed by atoms with Crippen LogP contribution >= 0.6 is 0 Å². The van der Waals surface area contributed by atoms with Crippen molar-refractivity contribution in [2.24, 2.45) is 5.73 Å². The molecule has 2 nitrogen and oxygen atoms in total. The molecule has 1 rings (SSSR count). The van der Waals surface area contributed by atoms with Gasteiger partial charge in [0, 0.05) is 17.5 Å². The summed E-state index contributed by atoms with van der Waals surface area (Å²) in [4.78, 5) is 4.20. The van der Waals surface area contributed by atoms with E-state index in [1.807, 2.05) is 26.0 Å². The van der Waals surface area contributed by atoms with Crippen LogP contribution in [-0.2, 0) is 6.42 Å². The van der Waals surface area contributed by atoms with Crippen LogP contribution in [-0.4, -0.2) is 10.5 Å². The van der Waals surface area contributed by atoms with E-state index < -0.39 is 5.54 Å². The van der Waals surface area contributed by atoms with Gasteiger partial charge in [-0.05, 0) is 32.4 Å². The van der Waals surface area contributed by atoms with Gasteiger partial charge in [0.15, 0.2) is 0 Å². The topological polar surface area (TPSA) is 38.9 Å². The molecular formula is C12H16N2. The van der Waals surface area contributed by atoms with Crippen molar-refractivity contribution in [1.82, 2.24) is 4.98 Å². The number of pyridine rings is 1. The van der Waals surface area contributed by atoms with Gasteiger partial charge in [-0.25, -0.2) is 0 Å². The van der Waals surface area contributed by atoms with Gasteiger partial charge in [-0.1, -0.05) is 18.8 Å². The molecule has 0 bridgehead atoms. The summed E-state index contributed by atoms with van der Waals surface area (Å²) in [6.07, 6.45) is 2.72. The van der Waals surface area contributed by atoms with Gasteiger partial charge < -0.3 is 5.73 Å². The molecule has 2 heteroatoms. The van der Waals surface area contributed by atoms with E-state index in [2.05, 4.69) is 23.7 Å². The Morgan fingerprint density at radius 2 is 2.21 bits per heavy atom. The summed E-state index contributed by atoms with van der Waals surface area (Å²) in [6, 6.07) is 3.90. The molecule has 0 aliphatic rings. The summed E-state index contributed by atoms with van der Waals surface area (Å²) < 4.78 is 0. The zero-order valence-electron chi connectivity index (χ0n) is 8.96. The third-order valence-electron chi connectivity index (χ3n) is 1.71. The van der Waals surface area contributed by atoms with Gasteiger partial charge in [0.1, 0.15) is 0 Å². The maximum Gasteiger partial charge on any atom is 0.0722 e. The molecule has 14 heavy (non-hydrogen) atoms. The summed E-state index contributed by atoms with van der Waals surface area (Å²) in [5, 5.41) is 0. The molecule has 0 radical (unpaired) electrons. The second kappa shape index (κ2) is 4.26. The maximum atomic E-state index is 5.76. The minimum Gasteiger partial charge on any atom is -0.316 e. The van der Waals surface area contributed by atoms with E-state index in [4.69, 9.17) is 5.73 Å². The summed E-state index contributed by atoms with van der Waals surface area (Å²) in [6.45, 7) is 5.86. The minimum absolute atomic E-state index is 0.435. The molecule has 0 unspecified atom stereocenters. The highest BCUT2D eigenvalue weighted by atomic mass is 14.7. The Kier molecular flexibility index (Phi) is 3.27. The van der Waals surface area contributed by atoms with Crippen LogP contribution in [0.5, 0.6) is 0 Å². The lowest BCUT2D eigenvalue weighted by Crippen LogP contribution is -2.29. The van der Waals surface area contributed by atoms with E-state index >= 15 is 0 Å². The molecule has 0 saturated heterocycles. The Bertz CT molecular complexity index is 364. The first-order valence-corrected chi connectivity index (χ1v) is 4.78. The molecule has 2 N–H and O–H groups in total. The van der Waals surface area contributed by atoms with Crippen LogP contribution < -0.4 is 5.73 Å². The van der Waals surface area contributed by atoms with Crippen LogP contribution in [0.2, 0.25) is 0 Å². The van der Waals surface area contributed by atoms with Crippen LogP contribution in [0.1, 0.15) is 32.0 Å². The van der Waals surface area contributed by atoms with E-state index in [1.54, 1.807) is 6.20 Å². The SMILES string of the molecule is CCc1cc(C#CC(C)(C)N)ccn1. The Morgan fingerprint density at radius 3 is 2.79 bits per heavy atom. The van der Waals surface area contributed by atoms with Gasteiger partial charge >= 0.3 is 0 Å². The Balaban J connectivity index is 2.90. The molecule has 74 valence electrons. The highest BCUT2D eigenvalue weighted by Crippen LogP contribution is 2.01. The number of aryl methyl sites for hydroxylation is 1. The van der Waals surface area contributed by atoms with Gasteiger partial charge in [0.05, 0.1) is 5.54 Å². The summed E-state index contributed by atoms with van der Waals surface area (Å²) in [5.74, 6) is 6.03. The van der Waals surface area contributed by atoms with Crippen molar-refractivity contribution in [3.8, 4) is 11.8 Å². The fourth-order valence-electron chi connectivity index (χ4n) is 0.983. The van der Waals surface area contributed by atoms with Gasteiger partial charge in [-0.15, -0.1) is 0 Å². The minimum atomic E-state index is -0.435. The largest absolute Gasteiger partial charge is 0.316 e. The predicted molar refractivity (Wildman–Crippen MR) is 58.8 cm³/mol. The van der Waals surface area contributed by atoms with Crippen LogP contribution in [0.4, 0.5) is 0 Å². The molecule has 0 fully saturated rings. The molecule has 1 aromatic heterocycles. The molecule has 0 spiro atoms. The third kappa shape index (κ3) is 3.59. The number of rotatable bonds is 1. The maximum absolute atomic E-state index is 5.76. The molecule has 0 saturated carbocycles. The highest BCUT2D eigenvalue weighted by Gasteiger charge is 2.03. The van der Waals surface area contributed by atoms with Crippen molar-refractivity contribution in [3.05, 3.63) is 29.6 Å². The van der Waals surface area contributed by atoms with E-state index in [9.17, 15) is 0 Å². The van der Waals surface area contributed by atoms with Crippen molar-refractivity contribution in [1.29, 1.82) is 0 Å². The molecule has 1 heterocycles. The van der Waals surface area contributed by atoms with Gasteiger partial charge in [0.25, 0.3) is 0 Å². The average Bonchev–Trinajstić information content (AvgIpc) is 2.14. The molecule has 0 aliphatic carbocycles. The van der Waals surface area contributed by atoms with Gasteiger partial charge in [-0.2, -0.15) is 0 Å². The number of nitrogens with zero attached hydrogens (tertiary/aromatic N) is 1. The smallest absolute Gasteiger partial charge is 0.0722 e. The van der Waals surface area contributed by atoms with Crippen LogP contribution in [0.3, 0.4) is 0 Å². The zero-order chi connectivity index (χ0) is 10.6. The number of hydrogen-bond acceptors (Lipinski definition) is 2. The van der Waals surface area contributed by atoms with E-state index in [-0.39, 0.29) is 0 Å². The van der Waals surface area contributed by atoms with E-state index in [0.717, 1.165) is 17.7 Å². The molecule has 0 aliphatic heterocycles. The number of nitrogens with two attached hydrogens (primary N) is 1. The van der Waals surface area contributed by atoms with Crippen molar-refractivity contribution in [2.75, 3.05) is 0 Å². The van der Waals surface area contributed by atoms with Crippen LogP contribution in [0, 0.1) is 11.8 Å². The Labute approximate surface area is 85.5 Å². The highest BCUT2D eigenvalue weighted by molar-refractivity contribution is 5.36. The predicted octanol–water partition coefficient (Wildman–Crippen LogP) is 1.73. The van der Waals surface area contributed by atoms with Gasteiger partial charge in [0.2, 0.25) is 0 Å². The lowest BCUT2D eigenvalue weighted by atomic mass is 10.1. The van der Waals surface area contributed by atoms with E-state index in [1.165, 1.54) is 0 Å². The Morgan fingerprint density at radius 1 is 1.50 bits per heavy atom. The lowest BCUT2D eigenvalue weighted by molar-refractivity contribution is 0.680. The fourth-order valence-corrected chi connectivity index (χ4v) is 0.983. The molecular weight excluding hydrogens is 172 g/mol. The zero-order valence-corrected chi connectivity index (χ0v) is 8.96. The van der Waals surface area contributed by atoms with E-state index in [0.29, 0.717) is 0 Å². The molecule has 0 aromatic carbocycles. The lowest BCUT2D eigenvalue weighted by Gasteiger charge is -2.07. The number of hydrogen-bond donors (Lipinski definition) is 1. The first kappa shape index (κ1) is 10.7. The quantitative estimate of drug-likeness (QED) is 0.682. The molecule has 0 amide bonds. The van der Waals surface area contributed by atoms with Crippen molar-refractivity contribution < 1.29 is 0 Å². The van der Waals surface area contributed by atoms with Crippen molar-refractivity contribution in [3.63, 3.8) is 0 Å². The standard InChI is InChI=1S/C12H16N2/c1-4-11-9-10(6-8-14-11)5-7-12(2,3)13/h6,8-9H,4,13H2,1-3H3. The molecule has 1 aromatic rings. The Hall–Kier alpha value is -1.33. The summed E-state index contributed by atoms with van der Waals surface area (Å²) in [7, 11) is 0. The third-order valence-corrected chi connectivity index (χ3v) is 1.71. The average molecular weight is 188 g/mol. The molecule has 0 atom stereocenters. The second-order valence-corrected chi connectivity index (χ2v) is 3.86. The number of aromatic nitrogens is 1. The fraction of sp³-hybridized carbons (Fsp3) is 0.417. The first-order chi connectivity index (χ1) is 6.51. The second-order valence-electron chi connectivity index (χ2n) is 3.86. The van der Waals surface area contributed by atoms with Crippen LogP contribution in [0.15, 0.2) is 18.3 Å². The van der Waals surface area contributed by atoms with Crippen molar-refractivity contribution in [2.45, 2.75) is 32.7 Å². The van der Waals surface area contributed by atoms with Gasteiger partial charge in [-0.3, -0.25) is 4.98 Å². The monoisotopic (exact) mass is 188 g/mol. The summed E-state index contributed by atoms with van der Waals surface area (Å²) >= 11 is 0.